The van der Waals surface area contributed by atoms with Gasteiger partial charge in [0.05, 0.1) is 10.5 Å². The molecular formula is C21H18N2O5. The molecule has 3 aromatic carbocycles. The Bertz CT molecular complexity index is 1080. The normalized spacial score (nSPS) is 11.6. The summed E-state index contributed by atoms with van der Waals surface area (Å²) < 4.78 is 5.16. The summed E-state index contributed by atoms with van der Waals surface area (Å²) >= 11 is 0. The zero-order valence-corrected chi connectivity index (χ0v) is 15.3. The molecule has 0 aliphatic rings. The first kappa shape index (κ1) is 19.0. The molecule has 1 atom stereocenters. The van der Waals surface area contributed by atoms with E-state index in [4.69, 9.17) is 4.74 Å². The lowest BCUT2D eigenvalue weighted by molar-refractivity contribution is -0.385. The second-order valence-electron chi connectivity index (χ2n) is 6.36. The SMILES string of the molecule is Cc1ccc(C(=O)O[C@@H](C)C(=O)Nc2ccc3ccccc3c2)cc1[N+](=O)[O-]. The van der Waals surface area contributed by atoms with Crippen LogP contribution in [0.2, 0.25) is 0 Å². The molecule has 0 heterocycles. The fourth-order valence-corrected chi connectivity index (χ4v) is 2.73. The van der Waals surface area contributed by atoms with Crippen LogP contribution < -0.4 is 5.32 Å². The first-order valence-electron chi connectivity index (χ1n) is 8.61. The number of carbonyl (C=O) groups is 2. The lowest BCUT2D eigenvalue weighted by atomic mass is 10.1. The second-order valence-corrected chi connectivity index (χ2v) is 6.36. The Morgan fingerprint density at radius 2 is 1.75 bits per heavy atom. The third-order valence-electron chi connectivity index (χ3n) is 4.31. The zero-order chi connectivity index (χ0) is 20.3. The van der Waals surface area contributed by atoms with Crippen LogP contribution in [0.1, 0.15) is 22.8 Å². The highest BCUT2D eigenvalue weighted by molar-refractivity contribution is 5.99. The van der Waals surface area contributed by atoms with Gasteiger partial charge in [-0.1, -0.05) is 36.4 Å². The lowest BCUT2D eigenvalue weighted by Crippen LogP contribution is -2.30. The Hall–Kier alpha value is -3.74. The summed E-state index contributed by atoms with van der Waals surface area (Å²) in [7, 11) is 0. The summed E-state index contributed by atoms with van der Waals surface area (Å²) in [6.45, 7) is 3.02. The van der Waals surface area contributed by atoms with Crippen molar-refractivity contribution in [1.29, 1.82) is 0 Å². The van der Waals surface area contributed by atoms with Crippen LogP contribution in [0.25, 0.3) is 10.8 Å². The Labute approximate surface area is 161 Å². The van der Waals surface area contributed by atoms with E-state index >= 15 is 0 Å². The minimum Gasteiger partial charge on any atom is -0.449 e. The van der Waals surface area contributed by atoms with Crippen molar-refractivity contribution in [3.8, 4) is 0 Å². The van der Waals surface area contributed by atoms with Crippen molar-refractivity contribution in [2.45, 2.75) is 20.0 Å². The molecule has 3 aromatic rings. The number of hydrogen-bond donors (Lipinski definition) is 1. The van der Waals surface area contributed by atoms with Crippen molar-refractivity contribution in [2.75, 3.05) is 5.32 Å². The van der Waals surface area contributed by atoms with Gasteiger partial charge in [-0.3, -0.25) is 14.9 Å². The van der Waals surface area contributed by atoms with E-state index in [2.05, 4.69) is 5.32 Å². The number of esters is 1. The molecular weight excluding hydrogens is 360 g/mol. The van der Waals surface area contributed by atoms with Crippen molar-refractivity contribution in [3.05, 3.63) is 81.9 Å². The van der Waals surface area contributed by atoms with Crippen molar-refractivity contribution >= 4 is 34.0 Å². The third-order valence-corrected chi connectivity index (χ3v) is 4.31. The van der Waals surface area contributed by atoms with E-state index in [0.29, 0.717) is 11.3 Å². The molecule has 0 aromatic heterocycles. The van der Waals surface area contributed by atoms with E-state index in [1.54, 1.807) is 13.0 Å². The van der Waals surface area contributed by atoms with Gasteiger partial charge in [0, 0.05) is 17.3 Å². The van der Waals surface area contributed by atoms with Crippen LogP contribution in [0.5, 0.6) is 0 Å². The van der Waals surface area contributed by atoms with Crippen LogP contribution >= 0.6 is 0 Å². The molecule has 1 amide bonds. The highest BCUT2D eigenvalue weighted by atomic mass is 16.6. The van der Waals surface area contributed by atoms with Gasteiger partial charge in [0.2, 0.25) is 0 Å². The summed E-state index contributed by atoms with van der Waals surface area (Å²) in [4.78, 5) is 35.0. The average molecular weight is 378 g/mol. The molecule has 0 aliphatic carbocycles. The lowest BCUT2D eigenvalue weighted by Gasteiger charge is -2.14. The van der Waals surface area contributed by atoms with Gasteiger partial charge in [0.15, 0.2) is 6.10 Å². The Balaban J connectivity index is 1.68. The minimum absolute atomic E-state index is 0.0163. The fraction of sp³-hybridized carbons (Fsp3) is 0.143. The number of aryl methyl sites for hydroxylation is 1. The first-order valence-corrected chi connectivity index (χ1v) is 8.61. The van der Waals surface area contributed by atoms with E-state index in [-0.39, 0.29) is 11.3 Å². The number of fused-ring (bicyclic) bond motifs is 1. The second kappa shape index (κ2) is 7.87. The van der Waals surface area contributed by atoms with Crippen LogP contribution in [0.3, 0.4) is 0 Å². The van der Waals surface area contributed by atoms with Gasteiger partial charge in [-0.2, -0.15) is 0 Å². The molecule has 1 N–H and O–H groups in total. The Kier molecular flexibility index (Phi) is 5.35. The molecule has 142 valence electrons. The number of hydrogen-bond acceptors (Lipinski definition) is 5. The van der Waals surface area contributed by atoms with Crippen LogP contribution in [0, 0.1) is 17.0 Å². The summed E-state index contributed by atoms with van der Waals surface area (Å²) in [5.41, 5.74) is 0.853. The Morgan fingerprint density at radius 1 is 1.04 bits per heavy atom. The number of ether oxygens (including phenoxy) is 1. The van der Waals surface area contributed by atoms with E-state index in [9.17, 15) is 19.7 Å². The van der Waals surface area contributed by atoms with Gasteiger partial charge in [-0.25, -0.2) is 4.79 Å². The van der Waals surface area contributed by atoms with Crippen molar-refractivity contribution < 1.29 is 19.2 Å². The number of nitro benzene ring substituents is 1. The maximum absolute atomic E-state index is 12.3. The molecule has 7 nitrogen and oxygen atoms in total. The number of nitrogens with zero attached hydrogens (tertiary/aromatic N) is 1. The number of amides is 1. The topological polar surface area (TPSA) is 98.5 Å². The molecule has 3 rings (SSSR count). The van der Waals surface area contributed by atoms with Crippen molar-refractivity contribution in [2.24, 2.45) is 0 Å². The van der Waals surface area contributed by atoms with E-state index in [1.165, 1.54) is 19.1 Å². The monoisotopic (exact) mass is 378 g/mol. The standard InChI is InChI=1S/C21H18N2O5/c1-13-7-8-17(12-19(13)23(26)27)21(25)28-14(2)20(24)22-18-10-9-15-5-3-4-6-16(15)11-18/h3-12,14H,1-2H3,(H,22,24)/t14-/m0/s1. The number of carbonyl (C=O) groups excluding carboxylic acids is 2. The van der Waals surface area contributed by atoms with Crippen LogP contribution in [-0.4, -0.2) is 22.9 Å². The van der Waals surface area contributed by atoms with Gasteiger partial charge in [-0.15, -0.1) is 0 Å². The van der Waals surface area contributed by atoms with Crippen LogP contribution in [-0.2, 0) is 9.53 Å². The maximum atomic E-state index is 12.3. The predicted octanol–water partition coefficient (Wildman–Crippen LogP) is 4.24. The van der Waals surface area contributed by atoms with E-state index in [0.717, 1.165) is 16.8 Å². The number of anilines is 1. The molecule has 0 bridgehead atoms. The molecule has 0 spiro atoms. The molecule has 0 radical (unpaired) electrons. The molecule has 0 unspecified atom stereocenters. The maximum Gasteiger partial charge on any atom is 0.339 e. The highest BCUT2D eigenvalue weighted by Gasteiger charge is 2.21. The summed E-state index contributed by atoms with van der Waals surface area (Å²) in [5, 5.41) is 15.7. The van der Waals surface area contributed by atoms with Crippen molar-refractivity contribution in [1.82, 2.24) is 0 Å². The molecule has 7 heteroatoms. The molecule has 0 aliphatic heterocycles. The number of nitrogens with one attached hydrogen (secondary N) is 1. The molecule has 0 fully saturated rings. The smallest absolute Gasteiger partial charge is 0.339 e. The van der Waals surface area contributed by atoms with Crippen LogP contribution in [0.4, 0.5) is 11.4 Å². The summed E-state index contributed by atoms with van der Waals surface area (Å²) in [5.74, 6) is -1.30. The number of benzene rings is 3. The van der Waals surface area contributed by atoms with Gasteiger partial charge in [-0.05, 0) is 42.8 Å². The number of nitro groups is 1. The first-order chi connectivity index (χ1) is 13.3. The van der Waals surface area contributed by atoms with Gasteiger partial charge >= 0.3 is 5.97 Å². The number of rotatable bonds is 5. The largest absolute Gasteiger partial charge is 0.449 e. The van der Waals surface area contributed by atoms with Crippen molar-refractivity contribution in [3.63, 3.8) is 0 Å². The fourth-order valence-electron chi connectivity index (χ4n) is 2.73. The average Bonchev–Trinajstić information content (AvgIpc) is 2.67. The minimum atomic E-state index is -1.07. The zero-order valence-electron chi connectivity index (χ0n) is 15.3. The molecule has 0 saturated carbocycles. The Morgan fingerprint density at radius 3 is 2.46 bits per heavy atom. The summed E-state index contributed by atoms with van der Waals surface area (Å²) in [6, 6.07) is 17.2. The highest BCUT2D eigenvalue weighted by Crippen LogP contribution is 2.21. The van der Waals surface area contributed by atoms with E-state index < -0.39 is 22.9 Å². The van der Waals surface area contributed by atoms with Gasteiger partial charge in [0.25, 0.3) is 11.6 Å². The molecule has 0 saturated heterocycles. The quantitative estimate of drug-likeness (QED) is 0.407. The van der Waals surface area contributed by atoms with Crippen LogP contribution in [0.15, 0.2) is 60.7 Å². The predicted molar refractivity (Wildman–Crippen MR) is 105 cm³/mol. The van der Waals surface area contributed by atoms with Gasteiger partial charge < -0.3 is 10.1 Å². The molecule has 28 heavy (non-hydrogen) atoms. The van der Waals surface area contributed by atoms with Gasteiger partial charge in [0.1, 0.15) is 0 Å². The third kappa shape index (κ3) is 4.15. The summed E-state index contributed by atoms with van der Waals surface area (Å²) in [6.07, 6.45) is -1.07. The van der Waals surface area contributed by atoms with E-state index in [1.807, 2.05) is 36.4 Å².